The molecule has 0 bridgehead atoms. The van der Waals surface area contributed by atoms with Crippen molar-refractivity contribution in [1.29, 1.82) is 0 Å². The first kappa shape index (κ1) is 14.5. The van der Waals surface area contributed by atoms with Crippen LogP contribution in [0, 0.1) is 0 Å². The van der Waals surface area contributed by atoms with Crippen LogP contribution in [-0.2, 0) is 13.0 Å². The monoisotopic (exact) mass is 323 g/mol. The van der Waals surface area contributed by atoms with Gasteiger partial charge in [0.1, 0.15) is 11.9 Å². The van der Waals surface area contributed by atoms with Crippen LogP contribution in [0.25, 0.3) is 16.9 Å². The topological polar surface area (TPSA) is 8.81 Å². The number of fused-ring (bicyclic) bond motifs is 1. The van der Waals surface area contributed by atoms with Crippen molar-refractivity contribution in [3.63, 3.8) is 0 Å². The molecule has 0 unspecified atom stereocenters. The molecule has 0 fully saturated rings. The van der Waals surface area contributed by atoms with Crippen molar-refractivity contribution < 1.29 is 4.57 Å². The van der Waals surface area contributed by atoms with Gasteiger partial charge in [0, 0.05) is 17.0 Å². The minimum absolute atomic E-state index is 0.779. The lowest BCUT2D eigenvalue weighted by atomic mass is 10.1. The number of aromatic nitrogens is 2. The van der Waals surface area contributed by atoms with Gasteiger partial charge in [-0.3, -0.25) is 0 Å². The molecule has 0 saturated heterocycles. The molecule has 23 heavy (non-hydrogen) atoms. The van der Waals surface area contributed by atoms with Gasteiger partial charge in [-0.15, -0.1) is 0 Å². The van der Waals surface area contributed by atoms with Gasteiger partial charge in [0.05, 0.1) is 6.54 Å². The number of halogens is 1. The molecule has 3 aromatic rings. The second-order valence-corrected chi connectivity index (χ2v) is 6.55. The van der Waals surface area contributed by atoms with E-state index in [1.807, 2.05) is 12.1 Å². The molecule has 1 aliphatic rings. The van der Waals surface area contributed by atoms with Crippen molar-refractivity contribution >= 4 is 11.6 Å². The van der Waals surface area contributed by atoms with E-state index >= 15 is 0 Å². The molecule has 0 N–H and O–H groups in total. The van der Waals surface area contributed by atoms with Crippen molar-refractivity contribution in [2.75, 3.05) is 0 Å². The summed E-state index contributed by atoms with van der Waals surface area (Å²) >= 11 is 6.08. The Hall–Kier alpha value is -2.06. The molecule has 0 atom stereocenters. The summed E-state index contributed by atoms with van der Waals surface area (Å²) in [5.41, 5.74) is 3.69. The van der Waals surface area contributed by atoms with Crippen molar-refractivity contribution in [3.8, 4) is 16.9 Å². The molecule has 2 heterocycles. The van der Waals surface area contributed by atoms with Gasteiger partial charge in [-0.05, 0) is 43.5 Å². The highest BCUT2D eigenvalue weighted by Gasteiger charge is 2.26. The maximum Gasteiger partial charge on any atom is 0.262 e. The fourth-order valence-corrected chi connectivity index (χ4v) is 3.56. The summed E-state index contributed by atoms with van der Waals surface area (Å²) in [4.78, 5) is 0. The van der Waals surface area contributed by atoms with Gasteiger partial charge in [-0.25, -0.2) is 4.57 Å². The van der Waals surface area contributed by atoms with E-state index in [0.717, 1.165) is 18.0 Å². The summed E-state index contributed by atoms with van der Waals surface area (Å²) in [5, 5.41) is 0.779. The van der Waals surface area contributed by atoms with Gasteiger partial charge >= 0.3 is 0 Å². The summed E-state index contributed by atoms with van der Waals surface area (Å²) in [6, 6.07) is 18.8. The zero-order chi connectivity index (χ0) is 15.6. The number of rotatable bonds is 2. The molecule has 116 valence electrons. The summed E-state index contributed by atoms with van der Waals surface area (Å²) < 4.78 is 4.83. The first-order valence-corrected chi connectivity index (χ1v) is 8.66. The van der Waals surface area contributed by atoms with Crippen LogP contribution in [-0.4, -0.2) is 4.57 Å². The molecular formula is C20H20ClN2+. The molecule has 1 aromatic heterocycles. The highest BCUT2D eigenvalue weighted by Crippen LogP contribution is 2.27. The van der Waals surface area contributed by atoms with Crippen LogP contribution in [0.4, 0.5) is 0 Å². The Morgan fingerprint density at radius 1 is 0.870 bits per heavy atom. The minimum Gasteiger partial charge on any atom is -0.233 e. The van der Waals surface area contributed by atoms with Gasteiger partial charge in [0.2, 0.25) is 0 Å². The molecular weight excluding hydrogens is 304 g/mol. The number of nitrogens with zero attached hydrogens (tertiary/aromatic N) is 2. The summed E-state index contributed by atoms with van der Waals surface area (Å²) in [6.07, 6.45) is 7.26. The van der Waals surface area contributed by atoms with E-state index in [0.29, 0.717) is 0 Å². The van der Waals surface area contributed by atoms with E-state index < -0.39 is 0 Å². The third-order valence-corrected chi connectivity index (χ3v) is 4.81. The Morgan fingerprint density at radius 3 is 2.43 bits per heavy atom. The molecule has 0 saturated carbocycles. The molecule has 0 spiro atoms. The molecule has 0 amide bonds. The predicted octanol–water partition coefficient (Wildman–Crippen LogP) is 4.81. The molecule has 2 nitrogen and oxygen atoms in total. The highest BCUT2D eigenvalue weighted by atomic mass is 35.5. The van der Waals surface area contributed by atoms with Gasteiger partial charge in [-0.1, -0.05) is 41.9 Å². The Morgan fingerprint density at radius 2 is 1.65 bits per heavy atom. The van der Waals surface area contributed by atoms with Gasteiger partial charge in [-0.2, -0.15) is 4.57 Å². The average Bonchev–Trinajstić information content (AvgIpc) is 2.79. The van der Waals surface area contributed by atoms with Crippen LogP contribution in [0.3, 0.4) is 0 Å². The lowest BCUT2D eigenvalue weighted by molar-refractivity contribution is -0.702. The highest BCUT2D eigenvalue weighted by molar-refractivity contribution is 6.30. The molecule has 0 aliphatic carbocycles. The van der Waals surface area contributed by atoms with Crippen molar-refractivity contribution in [2.45, 2.75) is 32.2 Å². The number of hydrogen-bond donors (Lipinski definition) is 0. The fraction of sp³-hybridized carbons (Fsp3) is 0.250. The number of imidazole rings is 1. The molecule has 1 aliphatic heterocycles. The largest absolute Gasteiger partial charge is 0.262 e. The van der Waals surface area contributed by atoms with E-state index in [1.165, 1.54) is 42.0 Å². The Kier molecular flexibility index (Phi) is 3.92. The maximum absolute atomic E-state index is 6.08. The summed E-state index contributed by atoms with van der Waals surface area (Å²) in [6.45, 7) is 1.11. The number of hydrogen-bond acceptors (Lipinski definition) is 0. The molecule has 2 aromatic carbocycles. The van der Waals surface area contributed by atoms with Crippen molar-refractivity contribution in [2.24, 2.45) is 0 Å². The Labute approximate surface area is 142 Å². The van der Waals surface area contributed by atoms with Crippen LogP contribution in [0.15, 0.2) is 60.8 Å². The van der Waals surface area contributed by atoms with Crippen molar-refractivity contribution in [3.05, 3.63) is 71.6 Å². The van der Waals surface area contributed by atoms with E-state index in [-0.39, 0.29) is 0 Å². The fourth-order valence-electron chi connectivity index (χ4n) is 3.43. The van der Waals surface area contributed by atoms with Crippen LogP contribution in [0.2, 0.25) is 5.02 Å². The first-order chi connectivity index (χ1) is 11.3. The molecule has 4 rings (SSSR count). The van der Waals surface area contributed by atoms with Gasteiger partial charge < -0.3 is 0 Å². The minimum atomic E-state index is 0.779. The van der Waals surface area contributed by atoms with Gasteiger partial charge in [0.25, 0.3) is 5.82 Å². The maximum atomic E-state index is 6.08. The van der Waals surface area contributed by atoms with Gasteiger partial charge in [0.15, 0.2) is 5.69 Å². The van der Waals surface area contributed by atoms with Crippen molar-refractivity contribution in [1.82, 2.24) is 4.57 Å². The van der Waals surface area contributed by atoms with E-state index in [2.05, 4.69) is 57.8 Å². The standard InChI is InChI=1S/C20H20ClN2/c21-17-10-12-18(13-11-17)23-19(16-7-3-1-4-8-16)15-22-14-6-2-5-9-20(22)23/h1,3-4,7-8,10-13,15H,2,5-6,9,14H2/q+1. The van der Waals surface area contributed by atoms with Crippen LogP contribution < -0.4 is 4.57 Å². The predicted molar refractivity (Wildman–Crippen MR) is 94.0 cm³/mol. The zero-order valence-electron chi connectivity index (χ0n) is 13.1. The normalized spacial score (nSPS) is 14.3. The Bertz CT molecular complexity index is 804. The average molecular weight is 324 g/mol. The smallest absolute Gasteiger partial charge is 0.233 e. The number of aryl methyl sites for hydroxylation is 1. The lowest BCUT2D eigenvalue weighted by Gasteiger charge is -2.05. The zero-order valence-corrected chi connectivity index (χ0v) is 13.8. The van der Waals surface area contributed by atoms with E-state index in [4.69, 9.17) is 11.6 Å². The molecule has 0 radical (unpaired) electrons. The molecule has 3 heteroatoms. The van der Waals surface area contributed by atoms with Crippen LogP contribution >= 0.6 is 11.6 Å². The summed E-state index contributed by atoms with van der Waals surface area (Å²) in [5.74, 6) is 1.39. The third-order valence-electron chi connectivity index (χ3n) is 4.56. The van der Waals surface area contributed by atoms with Crippen LogP contribution in [0.1, 0.15) is 25.1 Å². The lowest BCUT2D eigenvalue weighted by Crippen LogP contribution is -2.35. The SMILES string of the molecule is Clc1ccc(-n2c(-c3ccccc3)c[n+]3c2CCCCC3)cc1. The second kappa shape index (κ2) is 6.21. The van der Waals surface area contributed by atoms with Crippen LogP contribution in [0.5, 0.6) is 0 Å². The third kappa shape index (κ3) is 2.79. The summed E-state index contributed by atoms with van der Waals surface area (Å²) in [7, 11) is 0. The Balaban J connectivity index is 1.93. The van der Waals surface area contributed by atoms with E-state index in [9.17, 15) is 0 Å². The first-order valence-electron chi connectivity index (χ1n) is 8.28. The second-order valence-electron chi connectivity index (χ2n) is 6.11. The quantitative estimate of drug-likeness (QED) is 0.598. The number of benzene rings is 2. The van der Waals surface area contributed by atoms with E-state index in [1.54, 1.807) is 0 Å².